The minimum absolute atomic E-state index is 0. The Balaban J connectivity index is 0.00000272. The van der Waals surface area contributed by atoms with Crippen molar-refractivity contribution in [2.75, 3.05) is 20.3 Å². The largest absolute Gasteiger partial charge is 1.00 e. The molecule has 0 amide bonds. The van der Waals surface area contributed by atoms with Crippen LogP contribution in [0.2, 0.25) is 0 Å². The fraction of sp³-hybridized carbons (Fsp3) is 0.240. The van der Waals surface area contributed by atoms with E-state index in [2.05, 4.69) is 0 Å². The molecule has 7 heteroatoms. The predicted octanol–water partition coefficient (Wildman–Crippen LogP) is 2.09. The van der Waals surface area contributed by atoms with E-state index in [0.29, 0.717) is 19.6 Å². The van der Waals surface area contributed by atoms with Gasteiger partial charge in [0.05, 0.1) is 13.2 Å². The molecule has 0 saturated heterocycles. The molecule has 32 heavy (non-hydrogen) atoms. The molecule has 0 heterocycles. The van der Waals surface area contributed by atoms with E-state index in [1.165, 1.54) is 7.11 Å². The number of hydrogen-bond acceptors (Lipinski definition) is 5. The van der Waals surface area contributed by atoms with Crippen LogP contribution in [0.5, 0.6) is 23.0 Å². The predicted molar refractivity (Wildman–Crippen MR) is 118 cm³/mol. The van der Waals surface area contributed by atoms with Gasteiger partial charge in [-0.2, -0.15) is 0 Å². The van der Waals surface area contributed by atoms with Crippen molar-refractivity contribution in [3.8, 4) is 23.0 Å². The summed E-state index contributed by atoms with van der Waals surface area (Å²) in [6, 6.07) is 24.5. The van der Waals surface area contributed by atoms with Gasteiger partial charge in [-0.15, -0.1) is 0 Å². The van der Waals surface area contributed by atoms with Gasteiger partial charge in [-0.1, -0.05) is 30.3 Å². The molecule has 6 nitrogen and oxygen atoms in total. The van der Waals surface area contributed by atoms with E-state index in [1.807, 2.05) is 78.9 Å². The molecule has 0 aliphatic heterocycles. The molecule has 3 aromatic carbocycles. The molecule has 0 unspecified atom stereocenters. The Hall–Kier alpha value is -2.51. The van der Waals surface area contributed by atoms with Crippen LogP contribution in [-0.4, -0.2) is 37.5 Å². The number of carboxylic acids is 1. The van der Waals surface area contributed by atoms with Crippen LogP contribution in [0.4, 0.5) is 0 Å². The van der Waals surface area contributed by atoms with E-state index in [9.17, 15) is 4.79 Å². The van der Waals surface area contributed by atoms with Gasteiger partial charge in [-0.25, -0.2) is 4.79 Å². The normalized spacial score (nSPS) is 11.2. The molecule has 3 aromatic rings. The van der Waals surface area contributed by atoms with Crippen LogP contribution in [0.3, 0.4) is 0 Å². The summed E-state index contributed by atoms with van der Waals surface area (Å²) in [5.41, 5.74) is 0.879. The Morgan fingerprint density at radius 1 is 0.812 bits per heavy atom. The second-order valence-corrected chi connectivity index (χ2v) is 6.85. The van der Waals surface area contributed by atoms with Crippen LogP contribution in [-0.2, 0) is 16.0 Å². The van der Waals surface area contributed by atoms with E-state index in [-0.39, 0.29) is 31.0 Å². The summed E-state index contributed by atoms with van der Waals surface area (Å²) in [7, 11) is 1.39. The van der Waals surface area contributed by atoms with Gasteiger partial charge in [-0.05, 0) is 54.1 Å². The number of benzene rings is 3. The third-order valence-corrected chi connectivity index (χ3v) is 4.53. The molecule has 0 saturated carbocycles. The average molecular weight is 446 g/mol. The monoisotopic (exact) mass is 446 g/mol. The fourth-order valence-corrected chi connectivity index (χ4v) is 2.87. The molecule has 0 fully saturated rings. The van der Waals surface area contributed by atoms with Crippen molar-refractivity contribution in [3.05, 3.63) is 84.4 Å². The molecule has 0 bridgehead atoms. The van der Waals surface area contributed by atoms with E-state index in [4.69, 9.17) is 24.1 Å². The number of methoxy groups -OCH3 is 1. The second kappa shape index (κ2) is 13.8. The van der Waals surface area contributed by atoms with Gasteiger partial charge in [0.15, 0.2) is 6.10 Å². The molecule has 0 aliphatic carbocycles. The number of ether oxygens (including phenoxy) is 4. The summed E-state index contributed by atoms with van der Waals surface area (Å²) in [5, 5.41) is 9.04. The second-order valence-electron chi connectivity index (χ2n) is 6.85. The number of carbonyl (C=O) groups is 1. The summed E-state index contributed by atoms with van der Waals surface area (Å²) >= 11 is 0. The zero-order valence-corrected chi connectivity index (χ0v) is 20.4. The van der Waals surface area contributed by atoms with E-state index in [0.717, 1.165) is 35.0 Å². The number of aliphatic carboxylic acids is 1. The zero-order valence-electron chi connectivity index (χ0n) is 19.4. The molecule has 164 valence electrons. The van der Waals surface area contributed by atoms with Crippen LogP contribution < -0.4 is 43.8 Å². The van der Waals surface area contributed by atoms with Crippen molar-refractivity contribution >= 4 is 5.97 Å². The number of para-hydroxylation sites is 1. The molecule has 0 aromatic heterocycles. The van der Waals surface area contributed by atoms with Crippen LogP contribution in [0, 0.1) is 0 Å². The molecule has 0 aliphatic rings. The van der Waals surface area contributed by atoms with E-state index >= 15 is 0 Å². The number of carboxylic acid groups (broad SMARTS) is 1. The molecule has 3 rings (SSSR count). The molecular formula is C25H27NaO6. The van der Waals surface area contributed by atoms with Crippen LogP contribution in [0.15, 0.2) is 78.9 Å². The Labute approximate surface area is 211 Å². The molecule has 0 radical (unpaired) electrons. The van der Waals surface area contributed by atoms with Crippen molar-refractivity contribution in [3.63, 3.8) is 0 Å². The zero-order chi connectivity index (χ0) is 21.9. The SMILES string of the molecule is CO[C@@H](Cc1ccc(OCCCOc2ccc(Oc3ccccc3)cc2)cc1)C(=O)O.[H-].[Na+]. The van der Waals surface area contributed by atoms with Crippen LogP contribution in [0.25, 0.3) is 0 Å². The van der Waals surface area contributed by atoms with Gasteiger partial charge in [0.25, 0.3) is 0 Å². The maximum Gasteiger partial charge on any atom is 1.00 e. The maximum absolute atomic E-state index is 11.0. The molecule has 1 atom stereocenters. The molecular weight excluding hydrogens is 419 g/mol. The van der Waals surface area contributed by atoms with Crippen molar-refractivity contribution in [2.24, 2.45) is 0 Å². The van der Waals surface area contributed by atoms with Gasteiger partial charge >= 0.3 is 35.5 Å². The smallest absolute Gasteiger partial charge is 1.00 e. The van der Waals surface area contributed by atoms with Crippen molar-refractivity contribution in [2.45, 2.75) is 18.9 Å². The summed E-state index contributed by atoms with van der Waals surface area (Å²) in [4.78, 5) is 11.0. The van der Waals surface area contributed by atoms with Crippen molar-refractivity contribution in [1.29, 1.82) is 0 Å². The molecule has 0 spiro atoms. The Morgan fingerprint density at radius 3 is 1.84 bits per heavy atom. The number of hydrogen-bond donors (Lipinski definition) is 1. The van der Waals surface area contributed by atoms with Gasteiger partial charge in [0.2, 0.25) is 0 Å². The topological polar surface area (TPSA) is 74.2 Å². The Bertz CT molecular complexity index is 935. The van der Waals surface area contributed by atoms with Gasteiger partial charge < -0.3 is 25.5 Å². The summed E-state index contributed by atoms with van der Waals surface area (Å²) in [5.74, 6) is 2.08. The first-order valence-electron chi connectivity index (χ1n) is 10.1. The third kappa shape index (κ3) is 8.55. The first-order valence-corrected chi connectivity index (χ1v) is 10.1. The van der Waals surface area contributed by atoms with Gasteiger partial charge in [0.1, 0.15) is 23.0 Å². The first-order chi connectivity index (χ1) is 15.1. The van der Waals surface area contributed by atoms with Crippen LogP contribution >= 0.6 is 0 Å². The summed E-state index contributed by atoms with van der Waals surface area (Å²) in [6.07, 6.45) is 0.201. The summed E-state index contributed by atoms with van der Waals surface area (Å²) in [6.45, 7) is 1.05. The average Bonchev–Trinajstić information content (AvgIpc) is 2.80. The van der Waals surface area contributed by atoms with Gasteiger partial charge in [0, 0.05) is 20.0 Å². The summed E-state index contributed by atoms with van der Waals surface area (Å²) < 4.78 is 22.2. The quantitative estimate of drug-likeness (QED) is 0.339. The van der Waals surface area contributed by atoms with E-state index in [1.54, 1.807) is 0 Å². The van der Waals surface area contributed by atoms with Gasteiger partial charge in [-0.3, -0.25) is 0 Å². The fourth-order valence-electron chi connectivity index (χ4n) is 2.87. The standard InChI is InChI=1S/C25H26O6.Na.H/c1-28-24(25(26)27)18-19-8-10-20(11-9-19)29-16-5-17-30-21-12-14-23(15-13-21)31-22-6-3-2-4-7-22;;/h2-4,6-15,24H,5,16-18H2,1H3,(H,26,27);;/q;+1;-1/t24-;;/m0../s1. The van der Waals surface area contributed by atoms with Crippen molar-refractivity contribution in [1.82, 2.24) is 0 Å². The maximum atomic E-state index is 11.0. The minimum Gasteiger partial charge on any atom is -1.00 e. The Morgan fingerprint density at radius 2 is 1.31 bits per heavy atom. The third-order valence-electron chi connectivity index (χ3n) is 4.53. The minimum atomic E-state index is -0.971. The van der Waals surface area contributed by atoms with E-state index < -0.39 is 12.1 Å². The van der Waals surface area contributed by atoms with Crippen LogP contribution in [0.1, 0.15) is 13.4 Å². The Kier molecular flexibility index (Phi) is 11.1. The number of rotatable bonds is 12. The van der Waals surface area contributed by atoms with Crippen molar-refractivity contribution < 1.29 is 59.8 Å². The molecule has 1 N–H and O–H groups in total. The first kappa shape index (κ1) is 25.7.